The molecule has 1 N–H and O–H groups in total. The third-order valence-corrected chi connectivity index (χ3v) is 3.51. The van der Waals surface area contributed by atoms with Crippen LogP contribution in [0.3, 0.4) is 0 Å². The quantitative estimate of drug-likeness (QED) is 0.869. The maximum Gasteiger partial charge on any atom is 0.182 e. The van der Waals surface area contributed by atoms with E-state index in [4.69, 9.17) is 0 Å². The normalized spacial score (nSPS) is 17.0. The molecule has 1 aromatic rings. The van der Waals surface area contributed by atoms with E-state index < -0.39 is 11.6 Å². The Balaban J connectivity index is 2.36. The Morgan fingerprint density at radius 2 is 1.94 bits per heavy atom. The monoisotopic (exact) mass is 240 g/mol. The Bertz CT molecular complexity index is 426. The van der Waals surface area contributed by atoms with Gasteiger partial charge in [-0.1, -0.05) is 6.07 Å². The van der Waals surface area contributed by atoms with Crippen molar-refractivity contribution >= 4 is 5.69 Å². The molecule has 0 atom stereocenters. The molecular formula is C13H18F2N2. The fraction of sp³-hybridized carbons (Fsp3) is 0.538. The molecule has 1 aliphatic carbocycles. The zero-order valence-corrected chi connectivity index (χ0v) is 10.5. The number of hydrogen-bond acceptors (Lipinski definition) is 2. The maximum absolute atomic E-state index is 13.8. The molecule has 0 radical (unpaired) electrons. The molecule has 1 aliphatic rings. The first kappa shape index (κ1) is 12.3. The first-order valence-electron chi connectivity index (χ1n) is 5.82. The molecule has 0 heterocycles. The van der Waals surface area contributed by atoms with Crippen LogP contribution in [-0.2, 0) is 6.42 Å². The summed E-state index contributed by atoms with van der Waals surface area (Å²) in [6.07, 6.45) is 2.93. The van der Waals surface area contributed by atoms with Gasteiger partial charge in [0, 0.05) is 19.6 Å². The van der Waals surface area contributed by atoms with Crippen LogP contribution in [0.1, 0.15) is 18.4 Å². The number of nitrogens with one attached hydrogen (secondary N) is 1. The Morgan fingerprint density at radius 1 is 1.29 bits per heavy atom. The Kier molecular flexibility index (Phi) is 3.08. The molecule has 2 nitrogen and oxygen atoms in total. The first-order valence-corrected chi connectivity index (χ1v) is 5.82. The van der Waals surface area contributed by atoms with Crippen molar-refractivity contribution in [2.75, 3.05) is 26.0 Å². The summed E-state index contributed by atoms with van der Waals surface area (Å²) in [4.78, 5) is 1.64. The van der Waals surface area contributed by atoms with Crippen molar-refractivity contribution < 1.29 is 8.78 Å². The molecule has 0 unspecified atom stereocenters. The molecule has 2 rings (SSSR count). The maximum atomic E-state index is 13.8. The average molecular weight is 240 g/mol. The van der Waals surface area contributed by atoms with E-state index in [-0.39, 0.29) is 5.54 Å². The van der Waals surface area contributed by atoms with E-state index in [1.807, 2.05) is 7.05 Å². The highest BCUT2D eigenvalue weighted by Gasteiger charge is 2.41. The second-order valence-corrected chi connectivity index (χ2v) is 4.97. The van der Waals surface area contributed by atoms with Gasteiger partial charge in [0.25, 0.3) is 0 Å². The van der Waals surface area contributed by atoms with Gasteiger partial charge in [-0.3, -0.25) is 0 Å². The zero-order chi connectivity index (χ0) is 12.6. The van der Waals surface area contributed by atoms with Crippen molar-refractivity contribution in [2.45, 2.75) is 24.8 Å². The van der Waals surface area contributed by atoms with Crippen molar-refractivity contribution in [3.8, 4) is 0 Å². The lowest BCUT2D eigenvalue weighted by atomic mass is 10.0. The minimum Gasteiger partial charge on any atom is -0.375 e. The van der Waals surface area contributed by atoms with E-state index in [1.54, 1.807) is 25.1 Å². The van der Waals surface area contributed by atoms with Crippen LogP contribution in [-0.4, -0.2) is 26.7 Å². The molecule has 1 fully saturated rings. The van der Waals surface area contributed by atoms with E-state index in [9.17, 15) is 8.78 Å². The fourth-order valence-electron chi connectivity index (χ4n) is 2.24. The molecule has 1 aromatic carbocycles. The number of hydrogen-bond donors (Lipinski definition) is 1. The summed E-state index contributed by atoms with van der Waals surface area (Å²) < 4.78 is 27.0. The van der Waals surface area contributed by atoms with Gasteiger partial charge in [0.2, 0.25) is 0 Å². The number of rotatable bonds is 4. The Labute approximate surface area is 101 Å². The van der Waals surface area contributed by atoms with E-state index in [1.165, 1.54) is 6.07 Å². The summed E-state index contributed by atoms with van der Waals surface area (Å²) in [7, 11) is 5.39. The number of halogens is 2. The molecule has 0 aliphatic heterocycles. The van der Waals surface area contributed by atoms with E-state index in [0.29, 0.717) is 5.69 Å². The summed E-state index contributed by atoms with van der Waals surface area (Å²) in [5.41, 5.74) is 1.32. The number of benzene rings is 1. The molecule has 0 amide bonds. The highest BCUT2D eigenvalue weighted by atomic mass is 19.2. The molecule has 4 heteroatoms. The van der Waals surface area contributed by atoms with Crippen LogP contribution in [0.4, 0.5) is 14.5 Å². The van der Waals surface area contributed by atoms with E-state index in [0.717, 1.165) is 24.8 Å². The predicted octanol–water partition coefficient (Wildman–Crippen LogP) is 2.33. The van der Waals surface area contributed by atoms with Gasteiger partial charge < -0.3 is 10.2 Å². The first-order chi connectivity index (χ1) is 7.99. The largest absolute Gasteiger partial charge is 0.375 e. The molecule has 0 spiro atoms. The van der Waals surface area contributed by atoms with Crippen LogP contribution in [0, 0.1) is 11.6 Å². The van der Waals surface area contributed by atoms with Gasteiger partial charge >= 0.3 is 0 Å². The van der Waals surface area contributed by atoms with Gasteiger partial charge in [-0.15, -0.1) is 0 Å². The second kappa shape index (κ2) is 4.26. The SMILES string of the molecule is CNC1(Cc2ccc(F)c(F)c2N(C)C)CC1. The lowest BCUT2D eigenvalue weighted by molar-refractivity contribution is 0.502. The van der Waals surface area contributed by atoms with Crippen molar-refractivity contribution in [2.24, 2.45) is 0 Å². The van der Waals surface area contributed by atoms with Gasteiger partial charge in [-0.05, 0) is 37.9 Å². The van der Waals surface area contributed by atoms with Gasteiger partial charge in [0.15, 0.2) is 11.6 Å². The van der Waals surface area contributed by atoms with Gasteiger partial charge in [-0.25, -0.2) is 8.78 Å². The highest BCUT2D eigenvalue weighted by molar-refractivity contribution is 5.55. The molecule has 94 valence electrons. The second-order valence-electron chi connectivity index (χ2n) is 4.97. The number of likely N-dealkylation sites (N-methyl/N-ethyl adjacent to an activating group) is 1. The van der Waals surface area contributed by atoms with Gasteiger partial charge in [0.1, 0.15) is 0 Å². The molecule has 17 heavy (non-hydrogen) atoms. The van der Waals surface area contributed by atoms with Crippen molar-refractivity contribution in [1.29, 1.82) is 0 Å². The number of anilines is 1. The summed E-state index contributed by atoms with van der Waals surface area (Å²) in [5, 5.41) is 3.27. The molecule has 0 saturated heterocycles. The van der Waals surface area contributed by atoms with E-state index >= 15 is 0 Å². The smallest absolute Gasteiger partial charge is 0.182 e. The zero-order valence-electron chi connectivity index (χ0n) is 10.5. The minimum atomic E-state index is -0.785. The fourth-order valence-corrected chi connectivity index (χ4v) is 2.24. The topological polar surface area (TPSA) is 15.3 Å². The van der Waals surface area contributed by atoms with Crippen LogP contribution in [0.5, 0.6) is 0 Å². The van der Waals surface area contributed by atoms with Crippen LogP contribution in [0.2, 0.25) is 0 Å². The summed E-state index contributed by atoms with van der Waals surface area (Å²) >= 11 is 0. The average Bonchev–Trinajstić information content (AvgIpc) is 3.04. The van der Waals surface area contributed by atoms with Crippen LogP contribution in [0.15, 0.2) is 12.1 Å². The third-order valence-electron chi connectivity index (χ3n) is 3.51. The molecule has 0 bridgehead atoms. The van der Waals surface area contributed by atoms with Crippen molar-refractivity contribution in [3.05, 3.63) is 29.3 Å². The standard InChI is InChI=1S/C13H18F2N2/c1-16-13(6-7-13)8-9-4-5-10(14)11(15)12(9)17(2)3/h4-5,16H,6-8H2,1-3H3. The summed E-state index contributed by atoms with van der Waals surface area (Å²) in [6.45, 7) is 0. The Morgan fingerprint density at radius 3 is 2.41 bits per heavy atom. The lowest BCUT2D eigenvalue weighted by Gasteiger charge is -2.22. The number of nitrogens with zero attached hydrogens (tertiary/aromatic N) is 1. The van der Waals surface area contributed by atoms with Crippen LogP contribution >= 0.6 is 0 Å². The van der Waals surface area contributed by atoms with Gasteiger partial charge in [0.05, 0.1) is 5.69 Å². The highest BCUT2D eigenvalue weighted by Crippen LogP contribution is 2.40. The predicted molar refractivity (Wildman–Crippen MR) is 65.4 cm³/mol. The lowest BCUT2D eigenvalue weighted by Crippen LogP contribution is -2.30. The molecule has 0 aromatic heterocycles. The minimum absolute atomic E-state index is 0.0923. The van der Waals surface area contributed by atoms with Crippen molar-refractivity contribution in [3.63, 3.8) is 0 Å². The summed E-state index contributed by atoms with van der Waals surface area (Å²) in [5.74, 6) is -1.54. The summed E-state index contributed by atoms with van der Waals surface area (Å²) in [6, 6.07) is 2.90. The van der Waals surface area contributed by atoms with Crippen molar-refractivity contribution in [1.82, 2.24) is 5.32 Å². The van der Waals surface area contributed by atoms with Crippen LogP contribution in [0.25, 0.3) is 0 Å². The van der Waals surface area contributed by atoms with Gasteiger partial charge in [-0.2, -0.15) is 0 Å². The van der Waals surface area contributed by atoms with E-state index in [2.05, 4.69) is 5.32 Å². The molecular weight excluding hydrogens is 222 g/mol. The third kappa shape index (κ3) is 2.27. The molecule has 1 saturated carbocycles. The Hall–Kier alpha value is -1.16. The van der Waals surface area contributed by atoms with Crippen LogP contribution < -0.4 is 10.2 Å².